The molecule has 0 saturated carbocycles. The van der Waals surface area contributed by atoms with Crippen LogP contribution in [-0.4, -0.2) is 10.1 Å². The lowest BCUT2D eigenvalue weighted by Gasteiger charge is -2.36. The van der Waals surface area contributed by atoms with Crippen LogP contribution in [0.15, 0.2) is 85.1 Å². The van der Waals surface area contributed by atoms with E-state index in [0.29, 0.717) is 16.7 Å². The Morgan fingerprint density at radius 2 is 1.56 bits per heavy atom. The van der Waals surface area contributed by atoms with Gasteiger partial charge < -0.3 is 5.11 Å². The van der Waals surface area contributed by atoms with Crippen LogP contribution in [0.25, 0.3) is 0 Å². The predicted molar refractivity (Wildman–Crippen MR) is 126 cm³/mol. The largest absolute Gasteiger partial charge is 0.508 e. The molecule has 186 valence electrons. The summed E-state index contributed by atoms with van der Waals surface area (Å²) in [4.78, 5) is 4.36. The first-order valence-electron chi connectivity index (χ1n) is 10.8. The van der Waals surface area contributed by atoms with E-state index in [1.807, 2.05) is 0 Å². The van der Waals surface area contributed by atoms with Gasteiger partial charge in [0.05, 0.1) is 21.8 Å². The van der Waals surface area contributed by atoms with Crippen molar-refractivity contribution in [3.63, 3.8) is 0 Å². The van der Waals surface area contributed by atoms with Crippen LogP contribution in [0.1, 0.15) is 27.9 Å². The summed E-state index contributed by atoms with van der Waals surface area (Å²) >= 11 is 6.02. The van der Waals surface area contributed by atoms with Crippen LogP contribution in [0.4, 0.5) is 22.0 Å². The number of hydrogen-bond acceptors (Lipinski definition) is 3. The van der Waals surface area contributed by atoms with Gasteiger partial charge in [-0.3, -0.25) is 10.3 Å². The Kier molecular flexibility index (Phi) is 7.28. The maximum atomic E-state index is 14.6. The summed E-state index contributed by atoms with van der Waals surface area (Å²) in [5.41, 5.74) is -1.61. The van der Waals surface area contributed by atoms with Gasteiger partial charge in [0.2, 0.25) is 0 Å². The number of alkyl halides is 3. The summed E-state index contributed by atoms with van der Waals surface area (Å²) in [7, 11) is 0. The highest BCUT2D eigenvalue weighted by molar-refractivity contribution is 6.30. The quantitative estimate of drug-likeness (QED) is 0.259. The van der Waals surface area contributed by atoms with Gasteiger partial charge in [-0.25, -0.2) is 8.78 Å². The zero-order chi connectivity index (χ0) is 25.9. The van der Waals surface area contributed by atoms with Crippen LogP contribution < -0.4 is 5.32 Å². The van der Waals surface area contributed by atoms with Gasteiger partial charge in [0.25, 0.3) is 0 Å². The molecule has 0 bridgehead atoms. The Morgan fingerprint density at radius 1 is 0.833 bits per heavy atom. The standard InChI is InChI=1S/C27H20ClF5N2O/c28-21-6-9-25(34-16-21)26(14-17-4-2-1-3-5-17,35-15-18-10-22(29)7-8-24(18)36)19-11-20(27(31,32)33)13-23(30)12-19/h1-13,16,35-36H,14-15H2. The molecule has 2 N–H and O–H groups in total. The Bertz CT molecular complexity index is 1350. The monoisotopic (exact) mass is 518 g/mol. The van der Waals surface area contributed by atoms with Gasteiger partial charge in [-0.1, -0.05) is 41.9 Å². The van der Waals surface area contributed by atoms with Gasteiger partial charge >= 0.3 is 6.18 Å². The minimum absolute atomic E-state index is 0.0515. The number of aromatic nitrogens is 1. The Balaban J connectivity index is 1.94. The van der Waals surface area contributed by atoms with E-state index in [1.54, 1.807) is 30.3 Å². The molecule has 1 heterocycles. The first-order chi connectivity index (χ1) is 17.1. The minimum Gasteiger partial charge on any atom is -0.508 e. The molecule has 0 saturated heterocycles. The summed E-state index contributed by atoms with van der Waals surface area (Å²) in [6, 6.07) is 17.6. The lowest BCUT2D eigenvalue weighted by atomic mass is 9.79. The number of phenolic OH excluding ortho intramolecular Hbond substituents is 1. The zero-order valence-electron chi connectivity index (χ0n) is 18.7. The third kappa shape index (κ3) is 5.66. The minimum atomic E-state index is -4.80. The second kappa shape index (κ2) is 10.2. The van der Waals surface area contributed by atoms with E-state index in [4.69, 9.17) is 11.6 Å². The third-order valence-corrected chi connectivity index (χ3v) is 6.04. The fourth-order valence-corrected chi connectivity index (χ4v) is 4.18. The number of halogens is 6. The maximum absolute atomic E-state index is 14.6. The SMILES string of the molecule is Oc1ccc(F)cc1CNC(Cc1ccccc1)(c1cc(F)cc(C(F)(F)F)c1)c1ccc(Cl)cn1. The average Bonchev–Trinajstić information content (AvgIpc) is 2.84. The summed E-state index contributed by atoms with van der Waals surface area (Å²) in [6.45, 7) is -0.168. The molecule has 0 spiro atoms. The van der Waals surface area contributed by atoms with Crippen LogP contribution in [-0.2, 0) is 24.7 Å². The molecule has 0 aliphatic carbocycles. The van der Waals surface area contributed by atoms with E-state index in [-0.39, 0.29) is 35.5 Å². The first kappa shape index (κ1) is 25.6. The van der Waals surface area contributed by atoms with E-state index in [1.165, 1.54) is 24.4 Å². The van der Waals surface area contributed by atoms with Crippen molar-refractivity contribution in [2.45, 2.75) is 24.7 Å². The summed E-state index contributed by atoms with van der Waals surface area (Å²) in [6.07, 6.45) is -3.41. The van der Waals surface area contributed by atoms with Crippen molar-refractivity contribution >= 4 is 11.6 Å². The van der Waals surface area contributed by atoms with Gasteiger partial charge in [0, 0.05) is 24.7 Å². The molecule has 3 aromatic carbocycles. The van der Waals surface area contributed by atoms with Crippen molar-refractivity contribution in [1.29, 1.82) is 0 Å². The van der Waals surface area contributed by atoms with Gasteiger partial charge in [-0.05, 0) is 59.7 Å². The maximum Gasteiger partial charge on any atom is 0.416 e. The second-order valence-electron chi connectivity index (χ2n) is 8.28. The molecule has 4 rings (SSSR count). The summed E-state index contributed by atoms with van der Waals surface area (Å²) < 4.78 is 69.5. The number of nitrogens with one attached hydrogen (secondary N) is 1. The average molecular weight is 519 g/mol. The van der Waals surface area contributed by atoms with E-state index in [2.05, 4.69) is 10.3 Å². The van der Waals surface area contributed by atoms with Gasteiger partial charge in [-0.15, -0.1) is 0 Å². The molecule has 36 heavy (non-hydrogen) atoms. The van der Waals surface area contributed by atoms with E-state index >= 15 is 0 Å². The van der Waals surface area contributed by atoms with Crippen molar-refractivity contribution in [3.8, 4) is 5.75 Å². The van der Waals surface area contributed by atoms with Crippen molar-refractivity contribution in [2.75, 3.05) is 0 Å². The number of hydrogen-bond donors (Lipinski definition) is 2. The topological polar surface area (TPSA) is 45.1 Å². The lowest BCUT2D eigenvalue weighted by molar-refractivity contribution is -0.137. The molecule has 1 aromatic heterocycles. The molecule has 0 fully saturated rings. The van der Waals surface area contributed by atoms with Crippen LogP contribution in [0.2, 0.25) is 5.02 Å². The van der Waals surface area contributed by atoms with E-state index in [9.17, 15) is 27.1 Å². The third-order valence-electron chi connectivity index (χ3n) is 5.82. The lowest BCUT2D eigenvalue weighted by Crippen LogP contribution is -2.46. The zero-order valence-corrected chi connectivity index (χ0v) is 19.4. The molecule has 0 amide bonds. The normalized spacial score (nSPS) is 13.4. The highest BCUT2D eigenvalue weighted by atomic mass is 35.5. The molecule has 4 aromatic rings. The van der Waals surface area contributed by atoms with Crippen LogP contribution >= 0.6 is 11.6 Å². The Labute approximate surface area is 209 Å². The predicted octanol–water partition coefficient (Wildman–Crippen LogP) is 7.01. The fourth-order valence-electron chi connectivity index (χ4n) is 4.07. The number of phenols is 1. The number of aromatic hydroxyl groups is 1. The molecular weight excluding hydrogens is 499 g/mol. The highest BCUT2D eigenvalue weighted by Crippen LogP contribution is 2.38. The Morgan fingerprint density at radius 3 is 2.22 bits per heavy atom. The molecule has 3 nitrogen and oxygen atoms in total. The molecule has 0 aliphatic rings. The first-order valence-corrected chi connectivity index (χ1v) is 11.2. The van der Waals surface area contributed by atoms with Crippen LogP contribution in [0, 0.1) is 11.6 Å². The highest BCUT2D eigenvalue weighted by Gasteiger charge is 2.39. The van der Waals surface area contributed by atoms with Crippen molar-refractivity contribution < 1.29 is 27.1 Å². The van der Waals surface area contributed by atoms with Crippen molar-refractivity contribution in [1.82, 2.24) is 10.3 Å². The molecule has 0 radical (unpaired) electrons. The van der Waals surface area contributed by atoms with Crippen molar-refractivity contribution in [2.24, 2.45) is 0 Å². The van der Waals surface area contributed by atoms with Crippen LogP contribution in [0.3, 0.4) is 0 Å². The molecule has 1 unspecified atom stereocenters. The van der Waals surface area contributed by atoms with E-state index in [0.717, 1.165) is 24.3 Å². The molecule has 0 aliphatic heterocycles. The fraction of sp³-hybridized carbons (Fsp3) is 0.148. The number of rotatable bonds is 7. The Hall–Kier alpha value is -3.49. The number of pyridine rings is 1. The van der Waals surface area contributed by atoms with Gasteiger partial charge in [0.15, 0.2) is 0 Å². The molecular formula is C27H20ClF5N2O. The van der Waals surface area contributed by atoms with E-state index < -0.39 is 28.9 Å². The molecule has 1 atom stereocenters. The van der Waals surface area contributed by atoms with Gasteiger partial charge in [-0.2, -0.15) is 13.2 Å². The number of benzene rings is 3. The second-order valence-corrected chi connectivity index (χ2v) is 8.72. The smallest absolute Gasteiger partial charge is 0.416 e. The summed E-state index contributed by atoms with van der Waals surface area (Å²) in [5, 5.41) is 13.7. The van der Waals surface area contributed by atoms with Gasteiger partial charge in [0.1, 0.15) is 17.4 Å². The molecule has 9 heteroatoms. The van der Waals surface area contributed by atoms with Crippen LogP contribution in [0.5, 0.6) is 5.75 Å². The summed E-state index contributed by atoms with van der Waals surface area (Å²) in [5.74, 6) is -1.90. The number of nitrogens with zero attached hydrogens (tertiary/aromatic N) is 1. The van der Waals surface area contributed by atoms with Crippen molar-refractivity contribution in [3.05, 3.63) is 130 Å².